The number of aliphatic imine (C=N–C) groups is 1. The number of urea groups is 1. The summed E-state index contributed by atoms with van der Waals surface area (Å²) < 4.78 is 85.1. The molecule has 1 saturated heterocycles. The molecule has 1 fully saturated rings. The van der Waals surface area contributed by atoms with Gasteiger partial charge in [-0.1, -0.05) is 36.4 Å². The smallest absolute Gasteiger partial charge is 0.497 e. The van der Waals surface area contributed by atoms with E-state index >= 15 is 0 Å². The van der Waals surface area contributed by atoms with Gasteiger partial charge in [-0.3, -0.25) is 4.18 Å². The minimum absolute atomic E-state index is 0.0380. The van der Waals surface area contributed by atoms with E-state index in [0.29, 0.717) is 11.3 Å². The van der Waals surface area contributed by atoms with Crippen molar-refractivity contribution in [3.05, 3.63) is 65.2 Å². The molecule has 0 spiro atoms. The fraction of sp³-hybridized carbons (Fsp3) is 0.500. The Balaban J connectivity index is 2.10. The molecule has 1 aliphatic heterocycles. The summed E-state index contributed by atoms with van der Waals surface area (Å²) in [5, 5.41) is 0. The Morgan fingerprint density at radius 2 is 1.34 bits per heavy atom. The van der Waals surface area contributed by atoms with E-state index in [1.807, 2.05) is 0 Å². The quantitative estimate of drug-likeness (QED) is 0.146. The van der Waals surface area contributed by atoms with Crippen LogP contribution in [0.5, 0.6) is 5.75 Å². The van der Waals surface area contributed by atoms with Crippen LogP contribution in [0.15, 0.2) is 53.5 Å². The molecule has 1 heterocycles. The Kier molecular flexibility index (Phi) is 12.1. The molecule has 0 bridgehead atoms. The summed E-state index contributed by atoms with van der Waals surface area (Å²) >= 11 is 0. The van der Waals surface area contributed by atoms with Gasteiger partial charge in [0, 0.05) is 14.1 Å². The summed E-state index contributed by atoms with van der Waals surface area (Å²) in [4.78, 5) is 48.6. The lowest BCUT2D eigenvalue weighted by Gasteiger charge is -2.42. The second-order valence-corrected chi connectivity index (χ2v) is 14.9. The molecule has 0 N–H and O–H groups in total. The summed E-state index contributed by atoms with van der Waals surface area (Å²) in [6, 6.07) is 10.9. The molecule has 0 saturated carbocycles. The standard InChI is InChI=1S/C32H42F3N5O9S/c1-30(2,3)47-27(41)36-26(39-19-37(7)28(42)38(8)20-39)40(29(43)48-31(4,5)6)18-21-10-12-22(13-11-21)25(49-50(44,45)32(33,34)35)23-14-16-24(46-9)17-15-23/h10-17,25H,18-20H2,1-9H3/b36-26+/t25-/m0/s1. The molecule has 18 heteroatoms. The number of nitrogens with zero attached hydrogens (tertiary/aromatic N) is 5. The predicted molar refractivity (Wildman–Crippen MR) is 175 cm³/mol. The zero-order chi connectivity index (χ0) is 37.8. The highest BCUT2D eigenvalue weighted by atomic mass is 32.2. The molecule has 1 aliphatic rings. The maximum Gasteiger partial charge on any atom is 0.523 e. The number of amides is 4. The number of halogens is 3. The van der Waals surface area contributed by atoms with Crippen LogP contribution in [0, 0.1) is 0 Å². The number of methoxy groups -OCH3 is 1. The SMILES string of the molecule is COc1ccc([C@@H](OS(=O)(=O)C(F)(F)F)c2ccc(CN(C(=O)OC(C)(C)C)/C(=N/C(=O)OC(C)(C)C)N3CN(C)C(=O)N(C)C3)cc2)cc1. The lowest BCUT2D eigenvalue weighted by molar-refractivity contribution is -0.0562. The maximum atomic E-state index is 13.8. The van der Waals surface area contributed by atoms with E-state index in [2.05, 4.69) is 4.99 Å². The molecule has 50 heavy (non-hydrogen) atoms. The first-order valence-electron chi connectivity index (χ1n) is 15.2. The number of carbonyl (C=O) groups is 3. The van der Waals surface area contributed by atoms with Gasteiger partial charge in [0.05, 0.1) is 27.0 Å². The van der Waals surface area contributed by atoms with Gasteiger partial charge in [-0.25, -0.2) is 19.3 Å². The molecule has 276 valence electrons. The van der Waals surface area contributed by atoms with Gasteiger partial charge in [-0.15, -0.1) is 4.99 Å². The molecule has 0 aromatic heterocycles. The van der Waals surface area contributed by atoms with Gasteiger partial charge < -0.3 is 28.9 Å². The van der Waals surface area contributed by atoms with E-state index in [-0.39, 0.29) is 43.0 Å². The fourth-order valence-corrected chi connectivity index (χ4v) is 5.13. The summed E-state index contributed by atoms with van der Waals surface area (Å²) in [5.74, 6) is 0.169. The zero-order valence-corrected chi connectivity index (χ0v) is 30.1. The van der Waals surface area contributed by atoms with Gasteiger partial charge in [0.25, 0.3) is 0 Å². The third-order valence-electron chi connectivity index (χ3n) is 6.69. The first kappa shape index (κ1) is 39.9. The highest BCUT2D eigenvalue weighted by molar-refractivity contribution is 7.87. The maximum absolute atomic E-state index is 13.8. The topological polar surface area (TPSA) is 148 Å². The van der Waals surface area contributed by atoms with E-state index in [1.165, 1.54) is 84.4 Å². The van der Waals surface area contributed by atoms with Crippen LogP contribution in [0.1, 0.15) is 64.3 Å². The molecule has 2 aromatic rings. The van der Waals surface area contributed by atoms with Crippen molar-refractivity contribution < 1.29 is 54.4 Å². The molecule has 4 amide bonds. The summed E-state index contributed by atoms with van der Waals surface area (Å²) in [6.45, 7) is 9.39. The normalized spacial score (nSPS) is 15.5. The van der Waals surface area contributed by atoms with Crippen molar-refractivity contribution in [2.24, 2.45) is 4.99 Å². The van der Waals surface area contributed by atoms with Crippen LogP contribution in [0.25, 0.3) is 0 Å². The monoisotopic (exact) mass is 729 g/mol. The Morgan fingerprint density at radius 1 is 0.860 bits per heavy atom. The highest BCUT2D eigenvalue weighted by Crippen LogP contribution is 2.35. The summed E-state index contributed by atoms with van der Waals surface area (Å²) in [6.07, 6.45) is -3.64. The number of benzene rings is 2. The second-order valence-electron chi connectivity index (χ2n) is 13.4. The average Bonchev–Trinajstić information content (AvgIpc) is 2.98. The number of carbonyl (C=O) groups excluding carboxylic acids is 3. The molecule has 3 rings (SSSR count). The largest absolute Gasteiger partial charge is 0.523 e. The summed E-state index contributed by atoms with van der Waals surface area (Å²) in [7, 11) is -1.59. The average molecular weight is 730 g/mol. The Hall–Kier alpha value is -4.58. The van der Waals surface area contributed by atoms with Crippen LogP contribution >= 0.6 is 0 Å². The van der Waals surface area contributed by atoms with Gasteiger partial charge in [-0.05, 0) is 70.4 Å². The van der Waals surface area contributed by atoms with E-state index in [9.17, 15) is 36.0 Å². The van der Waals surface area contributed by atoms with Crippen molar-refractivity contribution >= 4 is 34.3 Å². The molecule has 2 aromatic carbocycles. The van der Waals surface area contributed by atoms with E-state index in [4.69, 9.17) is 18.4 Å². The lowest BCUT2D eigenvalue weighted by Crippen LogP contribution is -2.60. The first-order valence-corrected chi connectivity index (χ1v) is 16.6. The Labute approximate surface area is 289 Å². The van der Waals surface area contributed by atoms with Crippen LogP contribution in [-0.2, 0) is 30.3 Å². The van der Waals surface area contributed by atoms with Crippen LogP contribution in [-0.4, -0.2) is 103 Å². The molecule has 0 unspecified atom stereocenters. The number of rotatable bonds is 7. The van der Waals surface area contributed by atoms with Crippen LogP contribution in [0.3, 0.4) is 0 Å². The fourth-order valence-electron chi connectivity index (χ4n) is 4.54. The molecule has 0 aliphatic carbocycles. The van der Waals surface area contributed by atoms with Crippen LogP contribution in [0.2, 0.25) is 0 Å². The van der Waals surface area contributed by atoms with Crippen LogP contribution < -0.4 is 4.74 Å². The van der Waals surface area contributed by atoms with E-state index in [1.54, 1.807) is 41.5 Å². The van der Waals surface area contributed by atoms with Gasteiger partial charge in [0.15, 0.2) is 0 Å². The minimum atomic E-state index is -6.03. The van der Waals surface area contributed by atoms with Crippen molar-refractivity contribution in [1.29, 1.82) is 0 Å². The van der Waals surface area contributed by atoms with Crippen LogP contribution in [0.4, 0.5) is 27.6 Å². The van der Waals surface area contributed by atoms with Gasteiger partial charge in [0.1, 0.15) is 23.1 Å². The van der Waals surface area contributed by atoms with Crippen molar-refractivity contribution in [3.63, 3.8) is 0 Å². The lowest BCUT2D eigenvalue weighted by atomic mass is 10.00. The Bertz CT molecular complexity index is 1660. The number of guanidine groups is 1. The highest BCUT2D eigenvalue weighted by Gasteiger charge is 2.49. The van der Waals surface area contributed by atoms with Gasteiger partial charge in [0.2, 0.25) is 5.96 Å². The third-order valence-corrected chi connectivity index (χ3v) is 7.70. The Morgan fingerprint density at radius 3 is 1.78 bits per heavy atom. The van der Waals surface area contributed by atoms with E-state index in [0.717, 1.165) is 4.90 Å². The molecular weight excluding hydrogens is 687 g/mol. The third kappa shape index (κ3) is 10.7. The van der Waals surface area contributed by atoms with Crippen molar-refractivity contribution in [2.75, 3.05) is 34.5 Å². The van der Waals surface area contributed by atoms with Gasteiger partial charge in [-0.2, -0.15) is 21.6 Å². The molecule has 0 radical (unpaired) electrons. The molecule has 1 atom stereocenters. The second kappa shape index (κ2) is 15.1. The zero-order valence-electron chi connectivity index (χ0n) is 29.3. The number of hydrogen-bond donors (Lipinski definition) is 0. The summed E-state index contributed by atoms with van der Waals surface area (Å²) in [5.41, 5.74) is -7.12. The van der Waals surface area contributed by atoms with Crippen molar-refractivity contribution in [2.45, 2.75) is 70.9 Å². The number of hydrogen-bond acceptors (Lipinski definition) is 9. The van der Waals surface area contributed by atoms with Crippen molar-refractivity contribution in [1.82, 2.24) is 19.6 Å². The number of alkyl halides is 3. The number of ether oxygens (including phenoxy) is 3. The van der Waals surface area contributed by atoms with Crippen molar-refractivity contribution in [3.8, 4) is 5.75 Å². The predicted octanol–water partition coefficient (Wildman–Crippen LogP) is 5.89. The van der Waals surface area contributed by atoms with Gasteiger partial charge >= 0.3 is 33.8 Å². The molecular formula is C32H42F3N5O9S. The van der Waals surface area contributed by atoms with E-state index < -0.39 is 45.1 Å². The minimum Gasteiger partial charge on any atom is -0.497 e. The molecule has 14 nitrogen and oxygen atoms in total. The first-order chi connectivity index (χ1) is 22.9.